The first kappa shape index (κ1) is 18.6. The molecule has 0 aliphatic carbocycles. The molecule has 0 saturated carbocycles. The van der Waals surface area contributed by atoms with E-state index in [1.165, 1.54) is 11.3 Å². The molecule has 0 spiro atoms. The summed E-state index contributed by atoms with van der Waals surface area (Å²) in [5, 5.41) is 11.2. The molecular weight excluding hydrogens is 370 g/mol. The maximum Gasteiger partial charge on any atom is 0.191 e. The Morgan fingerprint density at radius 1 is 1.42 bits per heavy atom. The molecule has 2 aromatic rings. The van der Waals surface area contributed by atoms with Crippen molar-refractivity contribution in [1.82, 2.24) is 20.4 Å². The number of furan rings is 1. The number of aromatic nitrogens is 2. The summed E-state index contributed by atoms with van der Waals surface area (Å²) in [6.07, 6.45) is 1.72. The molecule has 2 aromatic heterocycles. The Morgan fingerprint density at radius 3 is 2.71 bits per heavy atom. The molecule has 0 bridgehead atoms. The first-order valence-corrected chi connectivity index (χ1v) is 8.90. The minimum Gasteiger partial charge on any atom is -0.454 e. The molecule has 2 heterocycles. The average Bonchev–Trinajstić information content (AvgIpc) is 3.05. The number of guanidine groups is 1. The van der Waals surface area contributed by atoms with Crippen LogP contribution in [0, 0.1) is 13.8 Å². The highest BCUT2D eigenvalue weighted by molar-refractivity contribution is 9.10. The van der Waals surface area contributed by atoms with Gasteiger partial charge in [0.25, 0.3) is 0 Å². The highest BCUT2D eigenvalue weighted by Gasteiger charge is 2.14. The van der Waals surface area contributed by atoms with Gasteiger partial charge in [-0.15, -0.1) is 0 Å². The van der Waals surface area contributed by atoms with Crippen LogP contribution in [0.4, 0.5) is 0 Å². The van der Waals surface area contributed by atoms with Gasteiger partial charge >= 0.3 is 0 Å². The van der Waals surface area contributed by atoms with E-state index in [1.54, 1.807) is 7.05 Å². The number of rotatable bonds is 6. The molecule has 0 saturated heterocycles. The lowest BCUT2D eigenvalue weighted by Gasteiger charge is -2.18. The first-order chi connectivity index (χ1) is 11.4. The molecule has 0 aromatic carbocycles. The lowest BCUT2D eigenvalue weighted by Crippen LogP contribution is -2.43. The van der Waals surface area contributed by atoms with Crippen LogP contribution in [0.2, 0.25) is 0 Å². The van der Waals surface area contributed by atoms with E-state index < -0.39 is 0 Å². The van der Waals surface area contributed by atoms with Crippen molar-refractivity contribution < 1.29 is 4.42 Å². The Hall–Kier alpha value is -1.76. The second-order valence-corrected chi connectivity index (χ2v) is 6.76. The lowest BCUT2D eigenvalue weighted by molar-refractivity contribution is 0.485. The zero-order valence-electron chi connectivity index (χ0n) is 15.0. The third kappa shape index (κ3) is 4.87. The van der Waals surface area contributed by atoms with Crippen LogP contribution in [0.15, 0.2) is 26.2 Å². The van der Waals surface area contributed by atoms with Crippen molar-refractivity contribution in [2.75, 3.05) is 13.6 Å². The van der Waals surface area contributed by atoms with Crippen molar-refractivity contribution in [2.24, 2.45) is 12.0 Å². The summed E-state index contributed by atoms with van der Waals surface area (Å²) in [4.78, 5) is 4.29. The van der Waals surface area contributed by atoms with E-state index in [9.17, 15) is 0 Å². The van der Waals surface area contributed by atoms with Crippen LogP contribution in [-0.2, 0) is 19.9 Å². The van der Waals surface area contributed by atoms with Crippen LogP contribution in [-0.4, -0.2) is 35.4 Å². The molecule has 0 aliphatic rings. The van der Waals surface area contributed by atoms with Gasteiger partial charge in [0.2, 0.25) is 0 Å². The SMILES string of the molecule is CN=C(NCCc1ccc(Br)o1)NC(C)Cc1c(C)nn(C)c1C. The third-order valence-electron chi connectivity index (χ3n) is 4.07. The molecule has 2 rings (SSSR count). The maximum atomic E-state index is 5.49. The second kappa shape index (κ2) is 8.37. The standard InChI is InChI=1S/C17H26BrN5O/c1-11(10-15-12(2)22-23(5)13(15)3)21-17(19-4)20-9-8-14-6-7-16(18)24-14/h6-7,11H,8-10H2,1-5H3,(H2,19,20,21). The summed E-state index contributed by atoms with van der Waals surface area (Å²) >= 11 is 3.31. The van der Waals surface area contributed by atoms with Gasteiger partial charge in [-0.25, -0.2) is 0 Å². The van der Waals surface area contributed by atoms with Gasteiger partial charge < -0.3 is 15.1 Å². The lowest BCUT2D eigenvalue weighted by atomic mass is 10.1. The molecule has 132 valence electrons. The fraction of sp³-hybridized carbons (Fsp3) is 0.529. The van der Waals surface area contributed by atoms with Gasteiger partial charge in [-0.1, -0.05) is 0 Å². The first-order valence-electron chi connectivity index (χ1n) is 8.11. The van der Waals surface area contributed by atoms with E-state index in [-0.39, 0.29) is 6.04 Å². The Bertz CT molecular complexity index is 704. The Balaban J connectivity index is 1.83. The van der Waals surface area contributed by atoms with Crippen LogP contribution in [0.1, 0.15) is 29.6 Å². The molecule has 2 N–H and O–H groups in total. The van der Waals surface area contributed by atoms with Crippen molar-refractivity contribution in [3.05, 3.63) is 39.5 Å². The number of halogens is 1. The summed E-state index contributed by atoms with van der Waals surface area (Å²) in [6, 6.07) is 4.14. The maximum absolute atomic E-state index is 5.49. The number of hydrogen-bond donors (Lipinski definition) is 2. The number of aliphatic imine (C=N–C) groups is 1. The molecule has 0 fully saturated rings. The molecular formula is C17H26BrN5O. The largest absolute Gasteiger partial charge is 0.454 e. The fourth-order valence-electron chi connectivity index (χ4n) is 2.69. The van der Waals surface area contributed by atoms with Crippen LogP contribution < -0.4 is 10.6 Å². The third-order valence-corrected chi connectivity index (χ3v) is 4.49. The van der Waals surface area contributed by atoms with Crippen molar-refractivity contribution >= 4 is 21.9 Å². The summed E-state index contributed by atoms with van der Waals surface area (Å²) < 4.78 is 8.19. The molecule has 6 nitrogen and oxygen atoms in total. The van der Waals surface area contributed by atoms with E-state index in [1.807, 2.05) is 23.9 Å². The van der Waals surface area contributed by atoms with E-state index in [0.717, 1.165) is 41.5 Å². The van der Waals surface area contributed by atoms with E-state index in [2.05, 4.69) is 57.4 Å². The topological polar surface area (TPSA) is 67.4 Å². The minimum absolute atomic E-state index is 0.260. The van der Waals surface area contributed by atoms with Gasteiger partial charge in [0.15, 0.2) is 10.6 Å². The Labute approximate surface area is 151 Å². The predicted molar refractivity (Wildman–Crippen MR) is 100 cm³/mol. The molecule has 0 radical (unpaired) electrons. The quantitative estimate of drug-likeness (QED) is 0.582. The summed E-state index contributed by atoms with van der Waals surface area (Å²) in [5.74, 6) is 1.74. The van der Waals surface area contributed by atoms with Crippen molar-refractivity contribution in [2.45, 2.75) is 39.7 Å². The number of aryl methyl sites for hydroxylation is 2. The molecule has 1 unspecified atom stereocenters. The monoisotopic (exact) mass is 395 g/mol. The fourth-order valence-corrected chi connectivity index (χ4v) is 3.03. The van der Waals surface area contributed by atoms with E-state index >= 15 is 0 Å². The normalized spacial score (nSPS) is 13.2. The van der Waals surface area contributed by atoms with Gasteiger partial charge in [0.1, 0.15) is 5.76 Å². The summed E-state index contributed by atoms with van der Waals surface area (Å²) in [7, 11) is 3.77. The van der Waals surface area contributed by atoms with Gasteiger partial charge in [-0.3, -0.25) is 9.67 Å². The summed E-state index contributed by atoms with van der Waals surface area (Å²) in [5.41, 5.74) is 3.61. The van der Waals surface area contributed by atoms with E-state index in [4.69, 9.17) is 4.42 Å². The van der Waals surface area contributed by atoms with Crippen LogP contribution in [0.3, 0.4) is 0 Å². The molecule has 7 heteroatoms. The van der Waals surface area contributed by atoms with E-state index in [0.29, 0.717) is 0 Å². The van der Waals surface area contributed by atoms with Crippen molar-refractivity contribution in [3.63, 3.8) is 0 Å². The molecule has 24 heavy (non-hydrogen) atoms. The Morgan fingerprint density at radius 2 is 2.17 bits per heavy atom. The average molecular weight is 396 g/mol. The Kier molecular flexibility index (Phi) is 6.48. The highest BCUT2D eigenvalue weighted by Crippen LogP contribution is 2.15. The van der Waals surface area contributed by atoms with Crippen molar-refractivity contribution in [3.8, 4) is 0 Å². The molecule has 0 amide bonds. The number of hydrogen-bond acceptors (Lipinski definition) is 3. The van der Waals surface area contributed by atoms with Crippen LogP contribution in [0.5, 0.6) is 0 Å². The van der Waals surface area contributed by atoms with Gasteiger partial charge in [-0.05, 0) is 60.8 Å². The summed E-state index contributed by atoms with van der Waals surface area (Å²) in [6.45, 7) is 7.08. The highest BCUT2D eigenvalue weighted by atomic mass is 79.9. The number of nitrogens with one attached hydrogen (secondary N) is 2. The molecule has 0 aliphatic heterocycles. The van der Waals surface area contributed by atoms with Crippen LogP contribution >= 0.6 is 15.9 Å². The van der Waals surface area contributed by atoms with Gasteiger partial charge in [0, 0.05) is 38.8 Å². The smallest absolute Gasteiger partial charge is 0.191 e. The minimum atomic E-state index is 0.260. The zero-order valence-corrected chi connectivity index (χ0v) is 16.6. The van der Waals surface area contributed by atoms with Crippen LogP contribution in [0.25, 0.3) is 0 Å². The number of nitrogens with zero attached hydrogens (tertiary/aromatic N) is 3. The zero-order chi connectivity index (χ0) is 17.7. The second-order valence-electron chi connectivity index (χ2n) is 5.98. The van der Waals surface area contributed by atoms with Gasteiger partial charge in [-0.2, -0.15) is 5.10 Å². The van der Waals surface area contributed by atoms with Gasteiger partial charge in [0.05, 0.1) is 5.69 Å². The van der Waals surface area contributed by atoms with Crippen molar-refractivity contribution in [1.29, 1.82) is 0 Å². The molecule has 1 atom stereocenters. The predicted octanol–water partition coefficient (Wildman–Crippen LogP) is 2.73.